The molecule has 5 nitrogen and oxygen atoms in total. The van der Waals surface area contributed by atoms with Crippen LogP contribution in [0.15, 0.2) is 23.3 Å². The summed E-state index contributed by atoms with van der Waals surface area (Å²) in [5.41, 5.74) is 0.929. The summed E-state index contributed by atoms with van der Waals surface area (Å²) in [7, 11) is 1.52. The van der Waals surface area contributed by atoms with Crippen molar-refractivity contribution in [3.05, 3.63) is 23.9 Å². The van der Waals surface area contributed by atoms with E-state index in [-0.39, 0.29) is 36.6 Å². The predicted molar refractivity (Wildman–Crippen MR) is 111 cm³/mol. The van der Waals surface area contributed by atoms with Crippen molar-refractivity contribution in [1.82, 2.24) is 15.6 Å². The molecule has 0 saturated heterocycles. The number of rotatable bonds is 6. The molecule has 2 rings (SSSR count). The minimum atomic E-state index is -4.18. The molecule has 0 atom stereocenters. The molecule has 27 heavy (non-hydrogen) atoms. The molecule has 0 bridgehead atoms. The molecule has 1 saturated carbocycles. The van der Waals surface area contributed by atoms with Crippen molar-refractivity contribution in [3.8, 4) is 5.88 Å². The topological polar surface area (TPSA) is 58.5 Å². The highest BCUT2D eigenvalue weighted by Crippen LogP contribution is 2.26. The summed E-state index contributed by atoms with van der Waals surface area (Å²) in [4.78, 5) is 8.18. The smallest absolute Gasteiger partial charge is 0.390 e. The first-order valence-electron chi connectivity index (χ1n) is 8.98. The molecular weight excluding hydrogens is 472 g/mol. The van der Waals surface area contributed by atoms with Gasteiger partial charge in [0, 0.05) is 32.4 Å². The van der Waals surface area contributed by atoms with Crippen LogP contribution in [0, 0.1) is 5.92 Å². The van der Waals surface area contributed by atoms with Crippen LogP contribution in [0.5, 0.6) is 5.88 Å². The molecule has 0 spiro atoms. The average Bonchev–Trinajstić information content (AvgIpc) is 2.59. The Labute approximate surface area is 175 Å². The first-order valence-corrected chi connectivity index (χ1v) is 8.98. The molecule has 1 aliphatic rings. The number of pyridine rings is 1. The highest BCUT2D eigenvalue weighted by molar-refractivity contribution is 14.0. The molecule has 1 aromatic rings. The highest BCUT2D eigenvalue weighted by atomic mass is 127. The van der Waals surface area contributed by atoms with Crippen LogP contribution in [-0.4, -0.2) is 36.8 Å². The Morgan fingerprint density at radius 2 is 1.96 bits per heavy atom. The van der Waals surface area contributed by atoms with Crippen LogP contribution in [0.1, 0.15) is 44.6 Å². The largest absolute Gasteiger partial charge is 0.474 e. The van der Waals surface area contributed by atoms with Gasteiger partial charge in [-0.05, 0) is 43.2 Å². The van der Waals surface area contributed by atoms with E-state index >= 15 is 0 Å². The summed E-state index contributed by atoms with van der Waals surface area (Å²) in [5, 5.41) is 5.65. The van der Waals surface area contributed by atoms with Gasteiger partial charge < -0.3 is 15.4 Å². The molecule has 0 aliphatic heterocycles. The van der Waals surface area contributed by atoms with Crippen molar-refractivity contribution < 1.29 is 17.9 Å². The number of hydrogen-bond acceptors (Lipinski definition) is 3. The molecule has 154 valence electrons. The summed E-state index contributed by atoms with van der Waals surface area (Å²) in [5.74, 6) is 1.67. The van der Waals surface area contributed by atoms with E-state index in [2.05, 4.69) is 27.5 Å². The van der Waals surface area contributed by atoms with Crippen LogP contribution in [0.25, 0.3) is 0 Å². The first-order chi connectivity index (χ1) is 12.4. The highest BCUT2D eigenvalue weighted by Gasteiger charge is 2.26. The maximum Gasteiger partial charge on any atom is 0.390 e. The summed E-state index contributed by atoms with van der Waals surface area (Å²) < 4.78 is 42.6. The van der Waals surface area contributed by atoms with Crippen molar-refractivity contribution in [2.24, 2.45) is 10.9 Å². The van der Waals surface area contributed by atoms with Gasteiger partial charge >= 0.3 is 6.18 Å². The van der Waals surface area contributed by atoms with E-state index in [4.69, 9.17) is 4.74 Å². The zero-order valence-electron chi connectivity index (χ0n) is 15.7. The first kappa shape index (κ1) is 23.8. The van der Waals surface area contributed by atoms with Crippen molar-refractivity contribution in [3.63, 3.8) is 0 Å². The number of nitrogens with one attached hydrogen (secondary N) is 2. The lowest BCUT2D eigenvalue weighted by atomic mass is 9.89. The van der Waals surface area contributed by atoms with Crippen molar-refractivity contribution in [1.29, 1.82) is 0 Å². The van der Waals surface area contributed by atoms with Crippen LogP contribution >= 0.6 is 24.0 Å². The maximum atomic E-state index is 12.2. The molecule has 1 fully saturated rings. The van der Waals surface area contributed by atoms with E-state index in [0.29, 0.717) is 18.4 Å². The van der Waals surface area contributed by atoms with Crippen LogP contribution in [0.2, 0.25) is 0 Å². The third kappa shape index (κ3) is 9.48. The molecule has 9 heteroatoms. The molecule has 1 aliphatic carbocycles. The molecular formula is C18H28F3IN4O. The molecule has 1 aromatic heterocycles. The van der Waals surface area contributed by atoms with E-state index in [1.54, 1.807) is 6.20 Å². The zero-order valence-corrected chi connectivity index (χ0v) is 18.0. The Morgan fingerprint density at radius 3 is 2.59 bits per heavy atom. The average molecular weight is 500 g/mol. The monoisotopic (exact) mass is 500 g/mol. The van der Waals surface area contributed by atoms with Gasteiger partial charge in [0.15, 0.2) is 5.96 Å². The van der Waals surface area contributed by atoms with E-state index in [9.17, 15) is 13.2 Å². The summed E-state index contributed by atoms with van der Waals surface area (Å²) in [6.07, 6.45) is 1.23. The molecule has 0 unspecified atom stereocenters. The van der Waals surface area contributed by atoms with Gasteiger partial charge in [-0.25, -0.2) is 4.98 Å². The molecule has 0 amide bonds. The van der Waals surface area contributed by atoms with E-state index < -0.39 is 12.6 Å². The fourth-order valence-corrected chi connectivity index (χ4v) is 2.87. The van der Waals surface area contributed by atoms with Crippen LogP contribution in [0.4, 0.5) is 13.2 Å². The lowest BCUT2D eigenvalue weighted by molar-refractivity contribution is -0.132. The lowest BCUT2D eigenvalue weighted by Gasteiger charge is -2.26. The number of aliphatic imine (C=N–C) groups is 1. The Morgan fingerprint density at radius 1 is 1.26 bits per heavy atom. The van der Waals surface area contributed by atoms with Crippen LogP contribution < -0.4 is 15.4 Å². The zero-order chi connectivity index (χ0) is 19.0. The number of guanidine groups is 1. The standard InChI is InChI=1S/C18H27F3N4O.HI/c1-13-3-5-15(6-4-13)26-16-11-14(7-9-23-16)12-25-17(22-2)24-10-8-18(19,20)21;/h7,9,11,13,15H,3-6,8,10,12H2,1-2H3,(H2,22,24,25);1H. The Bertz CT molecular complexity index is 590. The molecule has 1 heterocycles. The minimum absolute atomic E-state index is 0. The SMILES string of the molecule is CN=C(NCCC(F)(F)F)NCc1ccnc(OC2CCC(C)CC2)c1.I. The number of aromatic nitrogens is 1. The Hall–Kier alpha value is -1.26. The minimum Gasteiger partial charge on any atom is -0.474 e. The number of hydrogen-bond donors (Lipinski definition) is 2. The van der Waals surface area contributed by atoms with Gasteiger partial charge in [-0.1, -0.05) is 6.92 Å². The predicted octanol–water partition coefficient (Wildman–Crippen LogP) is 4.27. The third-order valence-corrected chi connectivity index (χ3v) is 4.43. The summed E-state index contributed by atoms with van der Waals surface area (Å²) >= 11 is 0. The Balaban J connectivity index is 0.00000364. The molecule has 0 aromatic carbocycles. The molecule has 2 N–H and O–H groups in total. The van der Waals surface area contributed by atoms with Gasteiger partial charge in [0.25, 0.3) is 0 Å². The van der Waals surface area contributed by atoms with Gasteiger partial charge in [0.1, 0.15) is 6.10 Å². The fourth-order valence-electron chi connectivity index (χ4n) is 2.87. The van der Waals surface area contributed by atoms with Gasteiger partial charge in [-0.15, -0.1) is 24.0 Å². The van der Waals surface area contributed by atoms with Crippen molar-refractivity contribution >= 4 is 29.9 Å². The summed E-state index contributed by atoms with van der Waals surface area (Å²) in [6.45, 7) is 2.47. The van der Waals surface area contributed by atoms with Crippen LogP contribution in [0.3, 0.4) is 0 Å². The van der Waals surface area contributed by atoms with Gasteiger partial charge in [0.2, 0.25) is 5.88 Å². The molecule has 0 radical (unpaired) electrons. The number of nitrogens with zero attached hydrogens (tertiary/aromatic N) is 2. The Kier molecular flexibility index (Phi) is 10.2. The quantitative estimate of drug-likeness (QED) is 0.348. The van der Waals surface area contributed by atoms with Crippen molar-refractivity contribution in [2.75, 3.05) is 13.6 Å². The second kappa shape index (κ2) is 11.6. The van der Waals surface area contributed by atoms with Gasteiger partial charge in [-0.2, -0.15) is 13.2 Å². The van der Waals surface area contributed by atoms with E-state index in [0.717, 1.165) is 24.3 Å². The second-order valence-electron chi connectivity index (χ2n) is 6.72. The normalized spacial score (nSPS) is 20.6. The lowest BCUT2D eigenvalue weighted by Crippen LogP contribution is -2.38. The van der Waals surface area contributed by atoms with E-state index in [1.165, 1.54) is 19.9 Å². The van der Waals surface area contributed by atoms with E-state index in [1.807, 2.05) is 12.1 Å². The second-order valence-corrected chi connectivity index (χ2v) is 6.72. The third-order valence-electron chi connectivity index (χ3n) is 4.43. The number of alkyl halides is 3. The van der Waals surface area contributed by atoms with Gasteiger partial charge in [0.05, 0.1) is 6.42 Å². The van der Waals surface area contributed by atoms with Crippen molar-refractivity contribution in [2.45, 2.75) is 57.9 Å². The maximum absolute atomic E-state index is 12.2. The number of halogens is 4. The van der Waals surface area contributed by atoms with Crippen LogP contribution in [-0.2, 0) is 6.54 Å². The fraction of sp³-hybridized carbons (Fsp3) is 0.667. The number of ether oxygens (including phenoxy) is 1. The summed E-state index contributed by atoms with van der Waals surface area (Å²) in [6, 6.07) is 3.69. The van der Waals surface area contributed by atoms with Gasteiger partial charge in [-0.3, -0.25) is 4.99 Å².